The van der Waals surface area contributed by atoms with Gasteiger partial charge in [0.15, 0.2) is 0 Å². The van der Waals surface area contributed by atoms with Gasteiger partial charge in [0, 0.05) is 11.8 Å². The van der Waals surface area contributed by atoms with Crippen LogP contribution in [0.1, 0.15) is 6.92 Å². The van der Waals surface area contributed by atoms with E-state index in [1.807, 2.05) is 0 Å². The minimum Gasteiger partial charge on any atom is -0.478 e. The van der Waals surface area contributed by atoms with Crippen molar-refractivity contribution in [3.63, 3.8) is 0 Å². The molecule has 0 saturated heterocycles. The first-order valence-electron chi connectivity index (χ1n) is 5.84. The van der Waals surface area contributed by atoms with Crippen molar-refractivity contribution in [2.45, 2.75) is 11.8 Å². The normalized spacial score (nSPS) is 11.1. The number of hydrogen-bond acceptors (Lipinski definition) is 6. The van der Waals surface area contributed by atoms with Crippen LogP contribution in [0.5, 0.6) is 5.88 Å². The summed E-state index contributed by atoms with van der Waals surface area (Å²) in [5.74, 6) is 0.442. The Morgan fingerprint density at radius 1 is 1.25 bits per heavy atom. The lowest BCUT2D eigenvalue weighted by molar-refractivity contribution is 0.326. The number of aromatic nitrogens is 2. The Balaban J connectivity index is 2.24. The zero-order chi connectivity index (χ0) is 14.6. The molecule has 8 heteroatoms. The molecule has 0 saturated carbocycles. The van der Waals surface area contributed by atoms with Crippen molar-refractivity contribution in [1.82, 2.24) is 9.97 Å². The summed E-state index contributed by atoms with van der Waals surface area (Å²) in [6.07, 6.45) is 1.23. The summed E-state index contributed by atoms with van der Waals surface area (Å²) < 4.78 is 31.8. The summed E-state index contributed by atoms with van der Waals surface area (Å²) in [4.78, 5) is 7.80. The Morgan fingerprint density at radius 3 is 2.60 bits per heavy atom. The SMILES string of the molecule is CCOc1cc(NS(=O)(=O)c2ccc(N)cc2)ncn1. The van der Waals surface area contributed by atoms with Gasteiger partial charge in [-0.05, 0) is 31.2 Å². The van der Waals surface area contributed by atoms with Crippen LogP contribution in [0.15, 0.2) is 41.6 Å². The third-order valence-electron chi connectivity index (χ3n) is 2.36. The molecule has 0 spiro atoms. The van der Waals surface area contributed by atoms with E-state index in [0.717, 1.165) is 0 Å². The van der Waals surface area contributed by atoms with Crippen LogP contribution in [0.4, 0.5) is 11.5 Å². The van der Waals surface area contributed by atoms with Gasteiger partial charge < -0.3 is 10.5 Å². The Labute approximate surface area is 116 Å². The molecule has 7 nitrogen and oxygen atoms in total. The van der Waals surface area contributed by atoms with E-state index in [-0.39, 0.29) is 10.7 Å². The van der Waals surface area contributed by atoms with E-state index in [1.54, 1.807) is 6.92 Å². The van der Waals surface area contributed by atoms with E-state index >= 15 is 0 Å². The number of sulfonamides is 1. The van der Waals surface area contributed by atoms with E-state index in [4.69, 9.17) is 10.5 Å². The highest BCUT2D eigenvalue weighted by Gasteiger charge is 2.15. The number of nitrogens with one attached hydrogen (secondary N) is 1. The number of nitrogens with zero attached hydrogens (tertiary/aromatic N) is 2. The minimum atomic E-state index is -3.71. The molecule has 0 amide bonds. The lowest BCUT2D eigenvalue weighted by Crippen LogP contribution is -2.14. The van der Waals surface area contributed by atoms with Crippen LogP contribution in [0.3, 0.4) is 0 Å². The number of hydrogen-bond donors (Lipinski definition) is 2. The van der Waals surface area contributed by atoms with Gasteiger partial charge in [0.05, 0.1) is 11.5 Å². The van der Waals surface area contributed by atoms with Crippen LogP contribution in [-0.2, 0) is 10.0 Å². The molecule has 0 aliphatic rings. The van der Waals surface area contributed by atoms with Crippen LogP contribution >= 0.6 is 0 Å². The highest BCUT2D eigenvalue weighted by Crippen LogP contribution is 2.17. The van der Waals surface area contributed by atoms with Gasteiger partial charge in [-0.1, -0.05) is 0 Å². The molecule has 1 aromatic heterocycles. The van der Waals surface area contributed by atoms with Gasteiger partial charge in [0.2, 0.25) is 5.88 Å². The maximum Gasteiger partial charge on any atom is 0.263 e. The van der Waals surface area contributed by atoms with Crippen LogP contribution < -0.4 is 15.2 Å². The van der Waals surface area contributed by atoms with Gasteiger partial charge in [-0.2, -0.15) is 0 Å². The number of ether oxygens (including phenoxy) is 1. The molecular weight excluding hydrogens is 280 g/mol. The zero-order valence-corrected chi connectivity index (χ0v) is 11.6. The molecule has 3 N–H and O–H groups in total. The molecule has 1 aromatic carbocycles. The van der Waals surface area contributed by atoms with Gasteiger partial charge in [-0.25, -0.2) is 18.4 Å². The third-order valence-corrected chi connectivity index (χ3v) is 3.73. The number of nitrogen functional groups attached to an aromatic ring is 1. The molecule has 0 aliphatic heterocycles. The summed E-state index contributed by atoms with van der Waals surface area (Å²) in [5.41, 5.74) is 6.01. The molecule has 2 rings (SSSR count). The second kappa shape index (κ2) is 5.74. The lowest BCUT2D eigenvalue weighted by Gasteiger charge is -2.08. The Kier molecular flexibility index (Phi) is 4.04. The van der Waals surface area contributed by atoms with Gasteiger partial charge in [-0.15, -0.1) is 0 Å². The first-order valence-corrected chi connectivity index (χ1v) is 7.33. The number of rotatable bonds is 5. The second-order valence-corrected chi connectivity index (χ2v) is 5.53. The Morgan fingerprint density at radius 2 is 1.95 bits per heavy atom. The van der Waals surface area contributed by atoms with Gasteiger partial charge >= 0.3 is 0 Å². The van der Waals surface area contributed by atoms with Crippen LogP contribution in [-0.4, -0.2) is 25.0 Å². The lowest BCUT2D eigenvalue weighted by atomic mass is 10.3. The van der Waals surface area contributed by atoms with E-state index < -0.39 is 10.0 Å². The summed E-state index contributed by atoms with van der Waals surface area (Å²) in [5, 5.41) is 0. The minimum absolute atomic E-state index is 0.100. The molecule has 20 heavy (non-hydrogen) atoms. The van der Waals surface area contributed by atoms with Crippen molar-refractivity contribution in [2.24, 2.45) is 0 Å². The Hall–Kier alpha value is -2.35. The standard InChI is InChI=1S/C12H14N4O3S/c1-2-19-12-7-11(14-8-15-12)16-20(17,18)10-5-3-9(13)4-6-10/h3-8H,2,13H2,1H3,(H,14,15,16). The van der Waals surface area contributed by atoms with Gasteiger partial charge in [0.1, 0.15) is 12.1 Å². The van der Waals surface area contributed by atoms with Crippen LogP contribution in [0.2, 0.25) is 0 Å². The summed E-state index contributed by atoms with van der Waals surface area (Å²) >= 11 is 0. The monoisotopic (exact) mass is 294 g/mol. The highest BCUT2D eigenvalue weighted by atomic mass is 32.2. The number of anilines is 2. The fourth-order valence-corrected chi connectivity index (χ4v) is 2.46. The summed E-state index contributed by atoms with van der Waals surface area (Å²) in [6, 6.07) is 7.28. The summed E-state index contributed by atoms with van der Waals surface area (Å²) in [7, 11) is -3.71. The maximum absolute atomic E-state index is 12.1. The molecular formula is C12H14N4O3S. The largest absolute Gasteiger partial charge is 0.478 e. The topological polar surface area (TPSA) is 107 Å². The van der Waals surface area contributed by atoms with Crippen LogP contribution in [0.25, 0.3) is 0 Å². The molecule has 0 bridgehead atoms. The fourth-order valence-electron chi connectivity index (χ4n) is 1.47. The van der Waals surface area contributed by atoms with Crippen molar-refractivity contribution in [3.05, 3.63) is 36.7 Å². The predicted molar refractivity (Wildman–Crippen MR) is 74.9 cm³/mol. The maximum atomic E-state index is 12.1. The molecule has 106 valence electrons. The average Bonchev–Trinajstić information content (AvgIpc) is 2.39. The predicted octanol–water partition coefficient (Wildman–Crippen LogP) is 1.26. The molecule has 0 aliphatic carbocycles. The smallest absolute Gasteiger partial charge is 0.263 e. The van der Waals surface area contributed by atoms with Crippen molar-refractivity contribution >= 4 is 21.5 Å². The van der Waals surface area contributed by atoms with Crippen molar-refractivity contribution in [3.8, 4) is 5.88 Å². The van der Waals surface area contributed by atoms with E-state index in [0.29, 0.717) is 18.2 Å². The quantitative estimate of drug-likeness (QED) is 0.804. The second-order valence-electron chi connectivity index (χ2n) is 3.85. The van der Waals surface area contributed by atoms with E-state index in [9.17, 15) is 8.42 Å². The highest BCUT2D eigenvalue weighted by molar-refractivity contribution is 7.92. The van der Waals surface area contributed by atoms with Gasteiger partial charge in [-0.3, -0.25) is 4.72 Å². The first-order chi connectivity index (χ1) is 9.51. The molecule has 0 unspecified atom stereocenters. The molecule has 1 heterocycles. The first kappa shape index (κ1) is 14.1. The van der Waals surface area contributed by atoms with Crippen molar-refractivity contribution in [2.75, 3.05) is 17.1 Å². The molecule has 0 radical (unpaired) electrons. The van der Waals surface area contributed by atoms with Crippen LogP contribution in [0, 0.1) is 0 Å². The zero-order valence-electron chi connectivity index (χ0n) is 10.8. The molecule has 0 fully saturated rings. The van der Waals surface area contributed by atoms with E-state index in [2.05, 4.69) is 14.7 Å². The van der Waals surface area contributed by atoms with Crippen molar-refractivity contribution in [1.29, 1.82) is 0 Å². The third kappa shape index (κ3) is 3.35. The van der Waals surface area contributed by atoms with Gasteiger partial charge in [0.25, 0.3) is 10.0 Å². The average molecular weight is 294 g/mol. The van der Waals surface area contributed by atoms with E-state index in [1.165, 1.54) is 36.7 Å². The molecule has 0 atom stereocenters. The molecule has 2 aromatic rings. The van der Waals surface area contributed by atoms with Crippen molar-refractivity contribution < 1.29 is 13.2 Å². The Bertz CT molecular complexity index is 686. The summed E-state index contributed by atoms with van der Waals surface area (Å²) in [6.45, 7) is 2.24. The number of nitrogens with two attached hydrogens (primary N) is 1. The fraction of sp³-hybridized carbons (Fsp3) is 0.167. The number of benzene rings is 1.